The van der Waals surface area contributed by atoms with Crippen LogP contribution in [0.1, 0.15) is 6.92 Å². The Balaban J connectivity index is 2.67. The van der Waals surface area contributed by atoms with Gasteiger partial charge in [-0.05, 0) is 62.7 Å². The lowest BCUT2D eigenvalue weighted by molar-refractivity contribution is -0.142. The second-order valence-corrected chi connectivity index (χ2v) is 8.44. The van der Waals surface area contributed by atoms with Crippen LogP contribution in [-0.2, 0) is 14.1 Å². The lowest BCUT2D eigenvalue weighted by Gasteiger charge is -2.19. The summed E-state index contributed by atoms with van der Waals surface area (Å²) in [7, 11) is 0.182. The van der Waals surface area contributed by atoms with Crippen molar-refractivity contribution in [2.24, 2.45) is 0 Å². The molecule has 18 heavy (non-hydrogen) atoms. The number of hydrogen-bond acceptors (Lipinski definition) is 4. The first-order valence-corrected chi connectivity index (χ1v) is 9.35. The van der Waals surface area contributed by atoms with Crippen LogP contribution < -0.4 is 9.61 Å². The maximum Gasteiger partial charge on any atom is 0.329 e. The highest BCUT2D eigenvalue weighted by Crippen LogP contribution is 2.51. The SMILES string of the molecule is COC(=O)[C@H](C)NP(=O)(P)Oc1ccc(I)cc1. The molecule has 0 spiro atoms. The molecule has 1 aromatic carbocycles. The third-order valence-corrected chi connectivity index (χ3v) is 4.69. The molecular formula is C10H14INO4P2. The summed E-state index contributed by atoms with van der Waals surface area (Å²) in [5.74, 6) is -0.0257. The van der Waals surface area contributed by atoms with Gasteiger partial charge in [-0.15, -0.1) is 0 Å². The first-order chi connectivity index (χ1) is 8.34. The van der Waals surface area contributed by atoms with Gasteiger partial charge in [0.15, 0.2) is 0 Å². The van der Waals surface area contributed by atoms with Crippen molar-refractivity contribution in [3.63, 3.8) is 0 Å². The van der Waals surface area contributed by atoms with Crippen molar-refractivity contribution >= 4 is 44.7 Å². The van der Waals surface area contributed by atoms with E-state index < -0.39 is 19.2 Å². The minimum absolute atomic E-state index is 0.471. The Hall–Kier alpha value is -0.160. The molecule has 0 saturated heterocycles. The standard InChI is InChI=1S/C10H14INO4P2/c1-7(10(13)15-2)12-18(14,17)16-9-5-3-8(11)4-6-9/h3-7H,17H2,1-2H3,(H,12,14)/t7-,18?/m0/s1. The Kier molecular flexibility index (Phi) is 6.05. The summed E-state index contributed by atoms with van der Waals surface area (Å²) in [6.07, 6.45) is 0. The van der Waals surface area contributed by atoms with Gasteiger partial charge in [-0.1, -0.05) is 0 Å². The lowest BCUT2D eigenvalue weighted by Crippen LogP contribution is -2.32. The second-order valence-electron chi connectivity index (χ2n) is 3.52. The highest BCUT2D eigenvalue weighted by molar-refractivity contribution is 14.1. The van der Waals surface area contributed by atoms with Gasteiger partial charge in [0.05, 0.1) is 7.11 Å². The van der Waals surface area contributed by atoms with Gasteiger partial charge in [-0.25, -0.2) is 5.09 Å². The van der Waals surface area contributed by atoms with Gasteiger partial charge in [-0.2, -0.15) is 0 Å². The van der Waals surface area contributed by atoms with E-state index in [-0.39, 0.29) is 0 Å². The normalized spacial score (nSPS) is 15.6. The predicted molar refractivity (Wildman–Crippen MR) is 81.7 cm³/mol. The highest BCUT2D eigenvalue weighted by Gasteiger charge is 2.24. The minimum atomic E-state index is -3.19. The summed E-state index contributed by atoms with van der Waals surface area (Å²) in [6, 6.07) is 6.39. The van der Waals surface area contributed by atoms with E-state index in [4.69, 9.17) is 4.52 Å². The molecule has 0 heterocycles. The molecule has 0 amide bonds. The zero-order valence-corrected chi connectivity index (χ0v) is 14.1. The number of rotatable bonds is 5. The summed E-state index contributed by atoms with van der Waals surface area (Å²) in [5.41, 5.74) is 0. The van der Waals surface area contributed by atoms with Gasteiger partial charge in [0.1, 0.15) is 11.8 Å². The van der Waals surface area contributed by atoms with Crippen molar-refractivity contribution < 1.29 is 18.6 Å². The van der Waals surface area contributed by atoms with Gasteiger partial charge in [0.2, 0.25) is 0 Å². The molecule has 8 heteroatoms. The molecule has 0 saturated carbocycles. The van der Waals surface area contributed by atoms with E-state index in [0.717, 1.165) is 3.57 Å². The molecule has 100 valence electrons. The Morgan fingerprint density at radius 2 is 2.00 bits per heavy atom. The molecule has 1 N–H and O–H groups in total. The maximum atomic E-state index is 12.1. The number of ether oxygens (including phenoxy) is 1. The van der Waals surface area contributed by atoms with Crippen molar-refractivity contribution in [1.82, 2.24) is 5.09 Å². The monoisotopic (exact) mass is 401 g/mol. The topological polar surface area (TPSA) is 64.6 Å². The van der Waals surface area contributed by atoms with Gasteiger partial charge in [0.25, 0.3) is 0 Å². The Labute approximate surface area is 122 Å². The lowest BCUT2D eigenvalue weighted by atomic mass is 10.3. The molecular weight excluding hydrogens is 387 g/mol. The zero-order valence-electron chi connectivity index (χ0n) is 9.92. The number of esters is 1. The fourth-order valence-corrected chi connectivity index (χ4v) is 3.71. The van der Waals surface area contributed by atoms with Crippen LogP contribution in [0.5, 0.6) is 5.75 Å². The fourth-order valence-electron chi connectivity index (χ4n) is 1.18. The molecule has 1 rings (SSSR count). The third-order valence-electron chi connectivity index (χ3n) is 1.98. The fraction of sp³-hybridized carbons (Fsp3) is 0.300. The van der Waals surface area contributed by atoms with Crippen LogP contribution in [0.25, 0.3) is 0 Å². The summed E-state index contributed by atoms with van der Waals surface area (Å²) >= 11 is 2.16. The molecule has 0 fully saturated rings. The van der Waals surface area contributed by atoms with Crippen molar-refractivity contribution in [1.29, 1.82) is 0 Å². The van der Waals surface area contributed by atoms with E-state index in [2.05, 4.69) is 41.3 Å². The van der Waals surface area contributed by atoms with Crippen LogP contribution in [0.2, 0.25) is 0 Å². The number of halogens is 1. The van der Waals surface area contributed by atoms with Gasteiger partial charge < -0.3 is 9.26 Å². The molecule has 0 aromatic heterocycles. The minimum Gasteiger partial charge on any atom is -0.468 e. The molecule has 0 aliphatic rings. The maximum absolute atomic E-state index is 12.1. The number of hydrogen-bond donors (Lipinski definition) is 1. The molecule has 1 aromatic rings. The number of carbonyl (C=O) groups is 1. The molecule has 5 nitrogen and oxygen atoms in total. The molecule has 0 aliphatic carbocycles. The number of nitrogens with one attached hydrogen (secondary N) is 1. The van der Waals surface area contributed by atoms with E-state index in [1.54, 1.807) is 19.1 Å². The zero-order chi connectivity index (χ0) is 13.8. The average molecular weight is 401 g/mol. The summed E-state index contributed by atoms with van der Waals surface area (Å²) in [5, 5.41) is 2.59. The second kappa shape index (κ2) is 6.85. The van der Waals surface area contributed by atoms with Crippen LogP contribution in [0.3, 0.4) is 0 Å². The van der Waals surface area contributed by atoms with Crippen molar-refractivity contribution in [3.05, 3.63) is 27.8 Å². The Morgan fingerprint density at radius 3 is 2.50 bits per heavy atom. The number of carbonyl (C=O) groups excluding carboxylic acids is 1. The first-order valence-electron chi connectivity index (χ1n) is 5.03. The van der Waals surface area contributed by atoms with Crippen LogP contribution in [-0.4, -0.2) is 19.1 Å². The van der Waals surface area contributed by atoms with E-state index in [1.807, 2.05) is 12.1 Å². The molecule has 0 aliphatic heterocycles. The van der Waals surface area contributed by atoms with Crippen LogP contribution in [0.15, 0.2) is 24.3 Å². The van der Waals surface area contributed by atoms with Crippen LogP contribution in [0.4, 0.5) is 0 Å². The molecule has 3 atom stereocenters. The smallest absolute Gasteiger partial charge is 0.329 e. The summed E-state index contributed by atoms with van der Waals surface area (Å²) in [6.45, 7) is 1.56. The molecule has 0 radical (unpaired) electrons. The molecule has 2 unspecified atom stereocenters. The highest BCUT2D eigenvalue weighted by atomic mass is 127. The van der Waals surface area contributed by atoms with Gasteiger partial charge in [-0.3, -0.25) is 9.36 Å². The van der Waals surface area contributed by atoms with Gasteiger partial charge in [0, 0.05) is 3.57 Å². The average Bonchev–Trinajstić information content (AvgIpc) is 2.30. The predicted octanol–water partition coefficient (Wildman–Crippen LogP) is 2.80. The van der Waals surface area contributed by atoms with E-state index in [1.165, 1.54) is 7.11 Å². The number of benzene rings is 1. The van der Waals surface area contributed by atoms with Crippen molar-refractivity contribution in [2.75, 3.05) is 7.11 Å². The summed E-state index contributed by atoms with van der Waals surface area (Å²) in [4.78, 5) is 11.2. The Morgan fingerprint density at radius 1 is 1.44 bits per heavy atom. The van der Waals surface area contributed by atoms with Crippen molar-refractivity contribution in [3.8, 4) is 5.75 Å². The van der Waals surface area contributed by atoms with E-state index in [9.17, 15) is 9.36 Å². The summed E-state index contributed by atoms with van der Waals surface area (Å²) < 4.78 is 23.0. The number of methoxy groups -OCH3 is 1. The largest absolute Gasteiger partial charge is 0.468 e. The van der Waals surface area contributed by atoms with Crippen LogP contribution >= 0.6 is 38.7 Å². The van der Waals surface area contributed by atoms with Gasteiger partial charge >= 0.3 is 13.2 Å². The first kappa shape index (κ1) is 15.9. The third kappa shape index (κ3) is 5.22. The van der Waals surface area contributed by atoms with E-state index >= 15 is 0 Å². The van der Waals surface area contributed by atoms with E-state index in [0.29, 0.717) is 5.75 Å². The molecule has 0 bridgehead atoms. The quantitative estimate of drug-likeness (QED) is 0.467. The van der Waals surface area contributed by atoms with Crippen molar-refractivity contribution in [2.45, 2.75) is 13.0 Å². The van der Waals surface area contributed by atoms with Crippen LogP contribution in [0, 0.1) is 3.57 Å². The Bertz CT molecular complexity index is 465.